The monoisotopic (exact) mass is 298 g/mol. The Morgan fingerprint density at radius 3 is 2.82 bits per heavy atom. The van der Waals surface area contributed by atoms with Gasteiger partial charge < -0.3 is 10.8 Å². The summed E-state index contributed by atoms with van der Waals surface area (Å²) in [6.07, 6.45) is 1.66. The second kappa shape index (κ2) is 5.54. The van der Waals surface area contributed by atoms with Crippen LogP contribution in [0.4, 0.5) is 4.39 Å². The molecule has 0 aliphatic heterocycles. The van der Waals surface area contributed by atoms with Crippen LogP contribution in [0.25, 0.3) is 16.8 Å². The molecule has 1 atom stereocenters. The third-order valence-corrected chi connectivity index (χ3v) is 4.11. The van der Waals surface area contributed by atoms with Gasteiger partial charge in [0.2, 0.25) is 0 Å². The minimum absolute atomic E-state index is 0.306. The fraction of sp³-hybridized carbons (Fsp3) is 0.278. The average Bonchev–Trinajstić information content (AvgIpc) is 2.46. The molecule has 0 fully saturated rings. The van der Waals surface area contributed by atoms with Crippen molar-refractivity contribution in [2.45, 2.75) is 32.3 Å². The second-order valence-corrected chi connectivity index (χ2v) is 5.83. The molecular weight excluding hydrogens is 279 g/mol. The highest BCUT2D eigenvalue weighted by Gasteiger charge is 2.25. The van der Waals surface area contributed by atoms with E-state index in [4.69, 9.17) is 5.73 Å². The van der Waals surface area contributed by atoms with Crippen LogP contribution in [0.15, 0.2) is 30.8 Å². The Labute approximate surface area is 129 Å². The molecule has 0 amide bonds. The average molecular weight is 298 g/mol. The number of nitrogens with zero attached hydrogens (tertiary/aromatic N) is 1. The lowest BCUT2D eigenvalue weighted by atomic mass is 9.86. The second-order valence-electron chi connectivity index (χ2n) is 5.83. The number of pyridine rings is 1. The van der Waals surface area contributed by atoms with Crippen LogP contribution in [0, 0.1) is 12.7 Å². The van der Waals surface area contributed by atoms with Crippen molar-refractivity contribution in [3.05, 3.63) is 59.2 Å². The van der Waals surface area contributed by atoms with Crippen molar-refractivity contribution < 1.29 is 9.50 Å². The van der Waals surface area contributed by atoms with E-state index >= 15 is 0 Å². The van der Waals surface area contributed by atoms with E-state index in [-0.39, 0.29) is 5.82 Å². The normalized spacial score (nSPS) is 17.1. The lowest BCUT2D eigenvalue weighted by Crippen LogP contribution is -2.15. The number of aryl methyl sites for hydroxylation is 2. The number of aliphatic hydroxyl groups is 1. The summed E-state index contributed by atoms with van der Waals surface area (Å²) in [5.74, 6) is -0.306. The molecule has 3 rings (SSSR count). The zero-order chi connectivity index (χ0) is 15.9. The maximum atomic E-state index is 14.4. The number of hydrogen-bond acceptors (Lipinski definition) is 3. The molecule has 1 aliphatic carbocycles. The van der Waals surface area contributed by atoms with Gasteiger partial charge in [-0.1, -0.05) is 18.7 Å². The van der Waals surface area contributed by atoms with E-state index in [2.05, 4.69) is 11.6 Å². The number of aromatic nitrogens is 1. The lowest BCUT2D eigenvalue weighted by molar-refractivity contribution is 0.156. The zero-order valence-corrected chi connectivity index (χ0v) is 12.6. The predicted molar refractivity (Wildman–Crippen MR) is 85.5 cm³/mol. The Morgan fingerprint density at radius 2 is 2.14 bits per heavy atom. The largest absolute Gasteiger partial charge is 0.397 e. The fourth-order valence-electron chi connectivity index (χ4n) is 3.00. The molecule has 3 N–H and O–H groups in total. The maximum absolute atomic E-state index is 14.4. The van der Waals surface area contributed by atoms with Gasteiger partial charge in [-0.05, 0) is 49.4 Å². The molecule has 0 unspecified atom stereocenters. The molecule has 0 radical (unpaired) electrons. The Balaban J connectivity index is 2.28. The summed E-state index contributed by atoms with van der Waals surface area (Å²) in [7, 11) is 0. The summed E-state index contributed by atoms with van der Waals surface area (Å²) in [6, 6.07) is 6.82. The molecule has 0 bridgehead atoms. The molecule has 4 heteroatoms. The summed E-state index contributed by atoms with van der Waals surface area (Å²) in [6.45, 7) is 5.57. The summed E-state index contributed by atoms with van der Waals surface area (Å²) >= 11 is 0. The standard InChI is InChI=1S/C18H19FN2O/c1-10-6-7-12(14(19)8-10)13-9-16(11(2)20)21-15-4-3-5-17(22)18(13)15/h6-9,17,22H,2-5,20H2,1H3/t17-/m1/s1. The fourth-order valence-corrected chi connectivity index (χ4v) is 3.00. The number of halogens is 1. The van der Waals surface area contributed by atoms with Crippen molar-refractivity contribution in [3.8, 4) is 11.1 Å². The Hall–Kier alpha value is -2.20. The Kier molecular flexibility index (Phi) is 3.71. The molecule has 1 aromatic carbocycles. The smallest absolute Gasteiger partial charge is 0.131 e. The molecule has 0 saturated carbocycles. The van der Waals surface area contributed by atoms with Crippen molar-refractivity contribution in [1.82, 2.24) is 4.98 Å². The van der Waals surface area contributed by atoms with Gasteiger partial charge in [-0.25, -0.2) is 4.39 Å². The maximum Gasteiger partial charge on any atom is 0.131 e. The molecule has 3 nitrogen and oxygen atoms in total. The van der Waals surface area contributed by atoms with E-state index in [0.717, 1.165) is 29.7 Å². The van der Waals surface area contributed by atoms with Gasteiger partial charge in [-0.2, -0.15) is 0 Å². The van der Waals surface area contributed by atoms with E-state index in [1.807, 2.05) is 13.0 Å². The number of rotatable bonds is 2. The topological polar surface area (TPSA) is 59.1 Å². The highest BCUT2D eigenvalue weighted by atomic mass is 19.1. The summed E-state index contributed by atoms with van der Waals surface area (Å²) in [5, 5.41) is 10.4. The Bertz CT molecular complexity index is 755. The van der Waals surface area contributed by atoms with E-state index in [1.54, 1.807) is 12.1 Å². The molecule has 114 valence electrons. The van der Waals surface area contributed by atoms with Crippen LogP contribution in [0.1, 0.15) is 41.5 Å². The molecule has 1 aromatic heterocycles. The number of benzene rings is 1. The van der Waals surface area contributed by atoms with Crippen LogP contribution in [0.2, 0.25) is 0 Å². The van der Waals surface area contributed by atoms with Gasteiger partial charge in [-0.15, -0.1) is 0 Å². The van der Waals surface area contributed by atoms with Crippen LogP contribution in [0.5, 0.6) is 0 Å². The van der Waals surface area contributed by atoms with Gasteiger partial charge >= 0.3 is 0 Å². The molecule has 0 saturated heterocycles. The third-order valence-electron chi connectivity index (χ3n) is 4.11. The van der Waals surface area contributed by atoms with Crippen molar-refractivity contribution in [2.24, 2.45) is 5.73 Å². The molecule has 2 aromatic rings. The minimum atomic E-state index is -0.618. The molecule has 0 spiro atoms. The molecule has 22 heavy (non-hydrogen) atoms. The van der Waals surface area contributed by atoms with Crippen molar-refractivity contribution in [3.63, 3.8) is 0 Å². The van der Waals surface area contributed by atoms with Crippen LogP contribution in [-0.2, 0) is 6.42 Å². The zero-order valence-electron chi connectivity index (χ0n) is 12.6. The highest BCUT2D eigenvalue weighted by Crippen LogP contribution is 2.38. The van der Waals surface area contributed by atoms with Gasteiger partial charge in [0, 0.05) is 16.8 Å². The van der Waals surface area contributed by atoms with Gasteiger partial charge in [0.15, 0.2) is 0 Å². The highest BCUT2D eigenvalue weighted by molar-refractivity contribution is 5.74. The molecule has 1 heterocycles. The first-order chi connectivity index (χ1) is 10.5. The van der Waals surface area contributed by atoms with Crippen LogP contribution < -0.4 is 5.73 Å². The first kappa shape index (κ1) is 14.7. The number of hydrogen-bond donors (Lipinski definition) is 2. The van der Waals surface area contributed by atoms with Gasteiger partial charge in [0.1, 0.15) is 5.82 Å². The quantitative estimate of drug-likeness (QED) is 0.892. The minimum Gasteiger partial charge on any atom is -0.397 e. The van der Waals surface area contributed by atoms with Crippen molar-refractivity contribution >= 4 is 5.70 Å². The first-order valence-corrected chi connectivity index (χ1v) is 7.40. The van der Waals surface area contributed by atoms with Crippen LogP contribution in [-0.4, -0.2) is 10.1 Å². The SMILES string of the molecule is C=C(N)c1cc(-c2ccc(C)cc2F)c2c(n1)CCC[C@H]2O. The van der Waals surface area contributed by atoms with E-state index in [1.165, 1.54) is 6.07 Å². The predicted octanol–water partition coefficient (Wildman–Crippen LogP) is 3.50. The van der Waals surface area contributed by atoms with E-state index < -0.39 is 6.10 Å². The number of nitrogens with two attached hydrogens (primary N) is 1. The van der Waals surface area contributed by atoms with E-state index in [0.29, 0.717) is 28.9 Å². The summed E-state index contributed by atoms with van der Waals surface area (Å²) in [4.78, 5) is 4.49. The van der Waals surface area contributed by atoms with Crippen LogP contribution >= 0.6 is 0 Å². The van der Waals surface area contributed by atoms with E-state index in [9.17, 15) is 9.50 Å². The molecular formula is C18H19FN2O. The molecule has 1 aliphatic rings. The summed E-state index contributed by atoms with van der Waals surface area (Å²) in [5.41, 5.74) is 10.2. The lowest BCUT2D eigenvalue weighted by Gasteiger charge is -2.25. The van der Waals surface area contributed by atoms with Crippen molar-refractivity contribution in [2.75, 3.05) is 0 Å². The van der Waals surface area contributed by atoms with Gasteiger partial charge in [0.25, 0.3) is 0 Å². The first-order valence-electron chi connectivity index (χ1n) is 7.40. The van der Waals surface area contributed by atoms with Gasteiger partial charge in [0.05, 0.1) is 17.5 Å². The summed E-state index contributed by atoms with van der Waals surface area (Å²) < 4.78 is 14.4. The Morgan fingerprint density at radius 1 is 1.36 bits per heavy atom. The number of fused-ring (bicyclic) bond motifs is 1. The number of aliphatic hydroxyl groups excluding tert-OH is 1. The van der Waals surface area contributed by atoms with Crippen LogP contribution in [0.3, 0.4) is 0 Å². The van der Waals surface area contributed by atoms with Gasteiger partial charge in [-0.3, -0.25) is 4.98 Å². The third kappa shape index (κ3) is 2.50. The van der Waals surface area contributed by atoms with Crippen molar-refractivity contribution in [1.29, 1.82) is 0 Å².